The monoisotopic (exact) mass is 341 g/mol. The number of nitrogens with one attached hydrogen (secondary N) is 1. The fraction of sp³-hybridized carbons (Fsp3) is 0.444. The van der Waals surface area contributed by atoms with E-state index in [4.69, 9.17) is 5.10 Å². The van der Waals surface area contributed by atoms with Crippen LogP contribution < -0.4 is 5.32 Å². The Morgan fingerprint density at radius 2 is 2.29 bits per heavy atom. The second-order valence-corrected chi connectivity index (χ2v) is 7.66. The highest BCUT2D eigenvalue weighted by atomic mass is 32.1. The molecule has 6 heteroatoms. The van der Waals surface area contributed by atoms with E-state index >= 15 is 0 Å². The molecule has 0 amide bonds. The molecule has 3 aromatic heterocycles. The topological polar surface area (TPSA) is 45.5 Å². The van der Waals surface area contributed by atoms with E-state index in [2.05, 4.69) is 52.9 Å². The Bertz CT molecular complexity index is 804. The van der Waals surface area contributed by atoms with E-state index in [1.165, 1.54) is 29.8 Å². The van der Waals surface area contributed by atoms with E-state index in [9.17, 15) is 0 Å². The van der Waals surface area contributed by atoms with Crippen LogP contribution in [0.25, 0.3) is 5.52 Å². The van der Waals surface area contributed by atoms with Gasteiger partial charge in [-0.3, -0.25) is 0 Å². The Kier molecular flexibility index (Phi) is 4.24. The predicted octanol–water partition coefficient (Wildman–Crippen LogP) is 3.77. The number of likely N-dealkylation sites (N-methyl/N-ethyl adjacent to an activating group) is 1. The zero-order chi connectivity index (χ0) is 16.5. The van der Waals surface area contributed by atoms with Crippen molar-refractivity contribution in [3.8, 4) is 0 Å². The van der Waals surface area contributed by atoms with Gasteiger partial charge in [-0.05, 0) is 44.4 Å². The number of thiophene rings is 1. The minimum Gasteiger partial charge on any atom is -0.366 e. The fourth-order valence-electron chi connectivity index (χ4n) is 3.19. The van der Waals surface area contributed by atoms with Gasteiger partial charge in [0.1, 0.15) is 5.52 Å². The molecular weight excluding hydrogens is 318 g/mol. The summed E-state index contributed by atoms with van der Waals surface area (Å²) in [6.07, 6.45) is 7.61. The van der Waals surface area contributed by atoms with Gasteiger partial charge >= 0.3 is 0 Å². The first kappa shape index (κ1) is 15.6. The summed E-state index contributed by atoms with van der Waals surface area (Å²) in [6.45, 7) is 0.824. The molecule has 24 heavy (non-hydrogen) atoms. The maximum atomic E-state index is 4.74. The number of nitrogens with zero attached hydrogens (tertiary/aromatic N) is 4. The van der Waals surface area contributed by atoms with Gasteiger partial charge in [0.2, 0.25) is 0 Å². The van der Waals surface area contributed by atoms with Crippen LogP contribution in [0.2, 0.25) is 0 Å². The Morgan fingerprint density at radius 3 is 2.96 bits per heavy atom. The highest BCUT2D eigenvalue weighted by molar-refractivity contribution is 7.10. The summed E-state index contributed by atoms with van der Waals surface area (Å²) >= 11 is 1.80. The molecule has 0 bridgehead atoms. The molecule has 1 saturated carbocycles. The van der Waals surface area contributed by atoms with Crippen molar-refractivity contribution in [1.29, 1.82) is 0 Å². The van der Waals surface area contributed by atoms with Gasteiger partial charge in [0.15, 0.2) is 5.82 Å². The van der Waals surface area contributed by atoms with Crippen molar-refractivity contribution in [3.63, 3.8) is 0 Å². The van der Waals surface area contributed by atoms with Crippen LogP contribution >= 0.6 is 11.3 Å². The SMILES string of the molecule is CN(C)C(CNc1nccn2nc(C3CCC3)cc12)c1cccs1. The zero-order valence-electron chi connectivity index (χ0n) is 14.1. The highest BCUT2D eigenvalue weighted by Gasteiger charge is 2.23. The molecule has 1 N–H and O–H groups in total. The molecule has 0 spiro atoms. The average molecular weight is 341 g/mol. The van der Waals surface area contributed by atoms with E-state index in [1.54, 1.807) is 11.3 Å². The molecule has 0 aliphatic heterocycles. The molecule has 0 aromatic carbocycles. The zero-order valence-corrected chi connectivity index (χ0v) is 15.0. The molecule has 3 aromatic rings. The van der Waals surface area contributed by atoms with Crippen LogP contribution in [0.3, 0.4) is 0 Å². The van der Waals surface area contributed by atoms with Crippen molar-refractivity contribution >= 4 is 22.7 Å². The second kappa shape index (κ2) is 6.53. The Labute approximate surface area is 146 Å². The average Bonchev–Trinajstić information content (AvgIpc) is 3.14. The quantitative estimate of drug-likeness (QED) is 0.741. The lowest BCUT2D eigenvalue weighted by Gasteiger charge is -2.24. The molecule has 0 radical (unpaired) electrons. The maximum absolute atomic E-state index is 4.74. The fourth-order valence-corrected chi connectivity index (χ4v) is 4.12. The van der Waals surface area contributed by atoms with Crippen LogP contribution in [-0.4, -0.2) is 40.1 Å². The molecule has 4 rings (SSSR count). The lowest BCUT2D eigenvalue weighted by molar-refractivity contribution is 0.316. The molecule has 126 valence electrons. The molecule has 1 unspecified atom stereocenters. The third-order valence-corrected chi connectivity index (χ3v) is 5.86. The molecule has 1 aliphatic carbocycles. The lowest BCUT2D eigenvalue weighted by Crippen LogP contribution is -2.26. The van der Waals surface area contributed by atoms with Gasteiger partial charge in [0.05, 0.1) is 11.7 Å². The van der Waals surface area contributed by atoms with E-state index in [-0.39, 0.29) is 0 Å². The third kappa shape index (κ3) is 2.91. The third-order valence-electron chi connectivity index (χ3n) is 4.89. The maximum Gasteiger partial charge on any atom is 0.152 e. The highest BCUT2D eigenvalue weighted by Crippen LogP contribution is 2.36. The Morgan fingerprint density at radius 1 is 1.42 bits per heavy atom. The van der Waals surface area contributed by atoms with Crippen LogP contribution in [0.1, 0.15) is 41.8 Å². The number of aromatic nitrogens is 3. The summed E-state index contributed by atoms with van der Waals surface area (Å²) in [7, 11) is 4.24. The van der Waals surface area contributed by atoms with Gasteiger partial charge in [-0.15, -0.1) is 11.3 Å². The summed E-state index contributed by atoms with van der Waals surface area (Å²) in [6, 6.07) is 6.84. The second-order valence-electron chi connectivity index (χ2n) is 6.68. The molecule has 0 saturated heterocycles. The smallest absolute Gasteiger partial charge is 0.152 e. The van der Waals surface area contributed by atoms with Crippen LogP contribution in [0.15, 0.2) is 36.0 Å². The standard InChI is InChI=1S/C18H23N5S/c1-22(2)16(17-7-4-10-24-17)12-20-18-15-11-14(13-5-3-6-13)21-23(15)9-8-19-18/h4,7-11,13,16H,3,5-6,12H2,1-2H3,(H,19,20). The van der Waals surface area contributed by atoms with Gasteiger partial charge in [0, 0.05) is 29.7 Å². The summed E-state index contributed by atoms with van der Waals surface area (Å²) in [4.78, 5) is 8.16. The van der Waals surface area contributed by atoms with Crippen molar-refractivity contribution in [3.05, 3.63) is 46.5 Å². The lowest BCUT2D eigenvalue weighted by atomic mass is 9.83. The van der Waals surface area contributed by atoms with Crippen molar-refractivity contribution in [2.24, 2.45) is 0 Å². The summed E-state index contributed by atoms with van der Waals surface area (Å²) in [5.41, 5.74) is 2.28. The van der Waals surface area contributed by atoms with Crippen LogP contribution in [0.4, 0.5) is 5.82 Å². The number of rotatable bonds is 6. The van der Waals surface area contributed by atoms with E-state index in [1.807, 2.05) is 16.9 Å². The van der Waals surface area contributed by atoms with Crippen molar-refractivity contribution in [1.82, 2.24) is 19.5 Å². The largest absolute Gasteiger partial charge is 0.366 e. The first-order chi connectivity index (χ1) is 11.7. The summed E-state index contributed by atoms with van der Waals surface area (Å²) in [5, 5.41) is 10.4. The van der Waals surface area contributed by atoms with Gasteiger partial charge in [-0.2, -0.15) is 5.10 Å². The molecule has 3 heterocycles. The van der Waals surface area contributed by atoms with Crippen LogP contribution in [0, 0.1) is 0 Å². The van der Waals surface area contributed by atoms with Crippen LogP contribution in [0.5, 0.6) is 0 Å². The normalized spacial score (nSPS) is 16.5. The first-order valence-corrected chi connectivity index (χ1v) is 9.38. The summed E-state index contributed by atoms with van der Waals surface area (Å²) in [5.74, 6) is 1.55. The molecule has 1 atom stereocenters. The van der Waals surface area contributed by atoms with Crippen molar-refractivity contribution in [2.75, 3.05) is 26.0 Å². The van der Waals surface area contributed by atoms with Gasteiger partial charge in [-0.25, -0.2) is 9.50 Å². The van der Waals surface area contributed by atoms with E-state index < -0.39 is 0 Å². The van der Waals surface area contributed by atoms with Crippen LogP contribution in [-0.2, 0) is 0 Å². The number of hydrogen-bond donors (Lipinski definition) is 1. The predicted molar refractivity (Wildman–Crippen MR) is 98.8 cm³/mol. The van der Waals surface area contributed by atoms with E-state index in [0.717, 1.165) is 17.9 Å². The molecule has 1 aliphatic rings. The molecular formula is C18H23N5S. The minimum absolute atomic E-state index is 0.334. The molecule has 5 nitrogen and oxygen atoms in total. The minimum atomic E-state index is 0.334. The number of anilines is 1. The van der Waals surface area contributed by atoms with Gasteiger partial charge in [-0.1, -0.05) is 12.5 Å². The molecule has 1 fully saturated rings. The Hall–Kier alpha value is -1.92. The van der Waals surface area contributed by atoms with Crippen molar-refractivity contribution < 1.29 is 0 Å². The number of hydrogen-bond acceptors (Lipinski definition) is 5. The van der Waals surface area contributed by atoms with Crippen molar-refractivity contribution in [2.45, 2.75) is 31.2 Å². The summed E-state index contributed by atoms with van der Waals surface area (Å²) < 4.78 is 1.96. The first-order valence-electron chi connectivity index (χ1n) is 8.50. The Balaban J connectivity index is 1.56. The van der Waals surface area contributed by atoms with E-state index in [0.29, 0.717) is 12.0 Å². The number of fused-ring (bicyclic) bond motifs is 1. The van der Waals surface area contributed by atoms with Gasteiger partial charge < -0.3 is 10.2 Å². The van der Waals surface area contributed by atoms with Gasteiger partial charge in [0.25, 0.3) is 0 Å².